The molecule has 1 saturated heterocycles. The van der Waals surface area contributed by atoms with Gasteiger partial charge in [-0.25, -0.2) is 4.39 Å². The van der Waals surface area contributed by atoms with Crippen LogP contribution in [0.3, 0.4) is 0 Å². The van der Waals surface area contributed by atoms with Gasteiger partial charge >= 0.3 is 0 Å². The maximum atomic E-state index is 13.3. The number of halogens is 1. The van der Waals surface area contributed by atoms with Gasteiger partial charge in [0, 0.05) is 23.1 Å². The Balaban J connectivity index is 1.40. The third kappa shape index (κ3) is 5.24. The van der Waals surface area contributed by atoms with Crippen molar-refractivity contribution in [3.63, 3.8) is 0 Å². The second-order valence-electron chi connectivity index (χ2n) is 7.09. The summed E-state index contributed by atoms with van der Waals surface area (Å²) in [6.45, 7) is 0.216. The summed E-state index contributed by atoms with van der Waals surface area (Å²) in [6.07, 6.45) is 0. The molecule has 31 heavy (non-hydrogen) atoms. The number of amides is 2. The highest BCUT2D eigenvalue weighted by Crippen LogP contribution is 2.25. The fourth-order valence-corrected chi connectivity index (χ4v) is 4.44. The van der Waals surface area contributed by atoms with Crippen molar-refractivity contribution < 1.29 is 18.7 Å². The van der Waals surface area contributed by atoms with Gasteiger partial charge < -0.3 is 15.0 Å². The number of anilines is 1. The molecule has 1 fully saturated rings. The van der Waals surface area contributed by atoms with E-state index < -0.39 is 6.04 Å². The predicted molar refractivity (Wildman–Crippen MR) is 120 cm³/mol. The van der Waals surface area contributed by atoms with Crippen LogP contribution in [0.25, 0.3) is 0 Å². The molecule has 7 heteroatoms. The Hall–Kier alpha value is -3.32. The quantitative estimate of drug-likeness (QED) is 0.616. The molecule has 1 N–H and O–H groups in total. The zero-order valence-corrected chi connectivity index (χ0v) is 17.5. The Kier molecular flexibility index (Phi) is 6.52. The first-order valence-corrected chi connectivity index (χ1v) is 11.0. The molecule has 0 radical (unpaired) electrons. The number of rotatable bonds is 6. The van der Waals surface area contributed by atoms with Crippen LogP contribution in [0.5, 0.6) is 5.75 Å². The second-order valence-corrected chi connectivity index (χ2v) is 8.09. The molecule has 3 aromatic carbocycles. The lowest BCUT2D eigenvalue weighted by Gasteiger charge is -2.23. The number of benzene rings is 3. The van der Waals surface area contributed by atoms with Crippen LogP contribution in [0, 0.1) is 5.82 Å². The molecular formula is C24H21FN2O3S. The van der Waals surface area contributed by atoms with Gasteiger partial charge in [0.15, 0.2) is 0 Å². The van der Waals surface area contributed by atoms with Crippen LogP contribution < -0.4 is 10.1 Å². The van der Waals surface area contributed by atoms with E-state index in [-0.39, 0.29) is 24.2 Å². The van der Waals surface area contributed by atoms with Gasteiger partial charge in [-0.1, -0.05) is 36.4 Å². The van der Waals surface area contributed by atoms with Gasteiger partial charge in [-0.05, 0) is 42.0 Å². The Morgan fingerprint density at radius 2 is 1.84 bits per heavy atom. The van der Waals surface area contributed by atoms with Crippen LogP contribution in [-0.2, 0) is 11.4 Å². The minimum atomic E-state index is -0.547. The van der Waals surface area contributed by atoms with Crippen molar-refractivity contribution in [2.45, 2.75) is 12.6 Å². The van der Waals surface area contributed by atoms with Crippen LogP contribution in [0.15, 0.2) is 78.9 Å². The molecule has 3 aromatic rings. The molecule has 0 bridgehead atoms. The minimum Gasteiger partial charge on any atom is -0.489 e. The Morgan fingerprint density at radius 1 is 1.03 bits per heavy atom. The van der Waals surface area contributed by atoms with Gasteiger partial charge in [0.1, 0.15) is 24.2 Å². The number of ether oxygens (including phenoxy) is 1. The maximum absolute atomic E-state index is 13.3. The van der Waals surface area contributed by atoms with Crippen molar-refractivity contribution in [1.29, 1.82) is 0 Å². The van der Waals surface area contributed by atoms with E-state index in [2.05, 4.69) is 5.32 Å². The SMILES string of the molecule is O=C(Nc1cccc(OCc2cccc(F)c2)c1)C1CSCN1C(=O)c1ccccc1. The summed E-state index contributed by atoms with van der Waals surface area (Å²) in [5.74, 6) is 0.865. The van der Waals surface area contributed by atoms with Crippen LogP contribution in [-0.4, -0.2) is 34.4 Å². The first-order chi connectivity index (χ1) is 15.1. The molecule has 0 aliphatic carbocycles. The monoisotopic (exact) mass is 436 g/mol. The third-order valence-electron chi connectivity index (χ3n) is 4.86. The van der Waals surface area contributed by atoms with E-state index >= 15 is 0 Å². The molecule has 0 aromatic heterocycles. The normalized spacial score (nSPS) is 15.5. The van der Waals surface area contributed by atoms with Crippen molar-refractivity contribution >= 4 is 29.3 Å². The molecule has 4 rings (SSSR count). The first-order valence-electron chi connectivity index (χ1n) is 9.82. The Labute approximate surface area is 184 Å². The molecule has 1 atom stereocenters. The fraction of sp³-hybridized carbons (Fsp3) is 0.167. The standard InChI is InChI=1S/C24H21FN2O3S/c25-19-9-4-6-17(12-19)14-30-21-11-5-10-20(13-21)26-23(28)22-15-31-16-27(22)24(29)18-7-2-1-3-8-18/h1-13,22H,14-16H2,(H,26,28). The molecule has 1 unspecified atom stereocenters. The van der Waals surface area contributed by atoms with Crippen molar-refractivity contribution in [2.24, 2.45) is 0 Å². The predicted octanol–water partition coefficient (Wildman–Crippen LogP) is 4.56. The fourth-order valence-electron chi connectivity index (χ4n) is 3.29. The minimum absolute atomic E-state index is 0.155. The largest absolute Gasteiger partial charge is 0.489 e. The summed E-state index contributed by atoms with van der Waals surface area (Å²) in [6, 6.07) is 21.6. The van der Waals surface area contributed by atoms with Gasteiger partial charge in [0.2, 0.25) is 5.91 Å². The van der Waals surface area contributed by atoms with E-state index in [9.17, 15) is 14.0 Å². The molecule has 0 spiro atoms. The van der Waals surface area contributed by atoms with Crippen molar-refractivity contribution in [3.05, 3.63) is 95.8 Å². The molecular weight excluding hydrogens is 415 g/mol. The highest BCUT2D eigenvalue weighted by Gasteiger charge is 2.35. The van der Waals surface area contributed by atoms with Gasteiger partial charge in [-0.2, -0.15) is 0 Å². The van der Waals surface area contributed by atoms with Gasteiger partial charge in [0.05, 0.1) is 5.88 Å². The number of nitrogens with zero attached hydrogens (tertiary/aromatic N) is 1. The Morgan fingerprint density at radius 3 is 2.65 bits per heavy atom. The summed E-state index contributed by atoms with van der Waals surface area (Å²) in [5, 5.41) is 2.88. The summed E-state index contributed by atoms with van der Waals surface area (Å²) in [4.78, 5) is 27.3. The van der Waals surface area contributed by atoms with Crippen molar-refractivity contribution in [2.75, 3.05) is 16.9 Å². The van der Waals surface area contributed by atoms with E-state index in [4.69, 9.17) is 4.74 Å². The average molecular weight is 437 g/mol. The van der Waals surface area contributed by atoms with Gasteiger partial charge in [-0.3, -0.25) is 9.59 Å². The highest BCUT2D eigenvalue weighted by molar-refractivity contribution is 7.99. The third-order valence-corrected chi connectivity index (χ3v) is 5.87. The lowest BCUT2D eigenvalue weighted by molar-refractivity contribution is -0.119. The van der Waals surface area contributed by atoms with E-state index in [0.717, 1.165) is 0 Å². The zero-order valence-electron chi connectivity index (χ0n) is 16.7. The summed E-state index contributed by atoms with van der Waals surface area (Å²) < 4.78 is 19.0. The van der Waals surface area contributed by atoms with Crippen molar-refractivity contribution in [1.82, 2.24) is 4.90 Å². The first kappa shape index (κ1) is 20.9. The number of hydrogen-bond acceptors (Lipinski definition) is 4. The van der Waals surface area contributed by atoms with Crippen LogP contribution in [0.2, 0.25) is 0 Å². The number of hydrogen-bond donors (Lipinski definition) is 1. The van der Waals surface area contributed by atoms with E-state index in [1.165, 1.54) is 12.1 Å². The van der Waals surface area contributed by atoms with Crippen molar-refractivity contribution in [3.8, 4) is 5.75 Å². The molecule has 2 amide bonds. The Bertz CT molecular complexity index is 1080. The summed E-state index contributed by atoms with van der Waals surface area (Å²) in [5.41, 5.74) is 1.86. The molecule has 1 aliphatic heterocycles. The smallest absolute Gasteiger partial charge is 0.255 e. The molecule has 1 aliphatic rings. The lowest BCUT2D eigenvalue weighted by Crippen LogP contribution is -2.44. The lowest BCUT2D eigenvalue weighted by atomic mass is 10.1. The van der Waals surface area contributed by atoms with Crippen LogP contribution in [0.1, 0.15) is 15.9 Å². The van der Waals surface area contributed by atoms with E-state index in [0.29, 0.717) is 34.2 Å². The molecule has 0 saturated carbocycles. The van der Waals surface area contributed by atoms with Gasteiger partial charge in [-0.15, -0.1) is 11.8 Å². The summed E-state index contributed by atoms with van der Waals surface area (Å²) >= 11 is 1.55. The highest BCUT2D eigenvalue weighted by atomic mass is 32.2. The molecule has 1 heterocycles. The van der Waals surface area contributed by atoms with Crippen LogP contribution in [0.4, 0.5) is 10.1 Å². The average Bonchev–Trinajstić information content (AvgIpc) is 3.28. The van der Waals surface area contributed by atoms with E-state index in [1.54, 1.807) is 77.3 Å². The second kappa shape index (κ2) is 9.66. The molecule has 158 valence electrons. The van der Waals surface area contributed by atoms with Crippen LogP contribution >= 0.6 is 11.8 Å². The number of thioether (sulfide) groups is 1. The molecule has 5 nitrogen and oxygen atoms in total. The van der Waals surface area contributed by atoms with Gasteiger partial charge in [0.25, 0.3) is 5.91 Å². The number of carbonyl (C=O) groups is 2. The maximum Gasteiger partial charge on any atom is 0.255 e. The summed E-state index contributed by atoms with van der Waals surface area (Å²) in [7, 11) is 0. The number of nitrogens with one attached hydrogen (secondary N) is 1. The number of carbonyl (C=O) groups excluding carboxylic acids is 2. The van der Waals surface area contributed by atoms with E-state index in [1.807, 2.05) is 6.07 Å². The zero-order chi connectivity index (χ0) is 21.6. The topological polar surface area (TPSA) is 58.6 Å².